The molecule has 0 radical (unpaired) electrons. The number of carbonyl (C=O) groups excluding carboxylic acids is 1. The van der Waals surface area contributed by atoms with Crippen LogP contribution in [-0.4, -0.2) is 60.1 Å². The molecule has 1 aromatic heterocycles. The molecular weight excluding hydrogens is 356 g/mol. The minimum absolute atomic E-state index is 0.0228. The number of aromatic nitrogens is 2. The SMILES string of the molecule is CCN(CC(=O)NC1CCS(=O)(=O)C1)Cc1nnc(-c2ccccc2)o1. The predicted molar refractivity (Wildman–Crippen MR) is 95.9 cm³/mol. The van der Waals surface area contributed by atoms with Crippen molar-refractivity contribution < 1.29 is 17.6 Å². The summed E-state index contributed by atoms with van der Waals surface area (Å²) in [5, 5.41) is 10.9. The summed E-state index contributed by atoms with van der Waals surface area (Å²) in [5.74, 6) is 0.838. The quantitative estimate of drug-likeness (QED) is 0.762. The summed E-state index contributed by atoms with van der Waals surface area (Å²) in [6.45, 7) is 3.06. The molecule has 2 aromatic rings. The summed E-state index contributed by atoms with van der Waals surface area (Å²) < 4.78 is 28.6. The van der Waals surface area contributed by atoms with Crippen LogP contribution in [0.5, 0.6) is 0 Å². The number of hydrogen-bond donors (Lipinski definition) is 1. The molecule has 0 aliphatic carbocycles. The number of likely N-dealkylation sites (N-methyl/N-ethyl adjacent to an activating group) is 1. The van der Waals surface area contributed by atoms with Gasteiger partial charge in [0.25, 0.3) is 0 Å². The molecule has 1 aromatic carbocycles. The molecule has 1 atom stereocenters. The van der Waals surface area contributed by atoms with E-state index in [1.165, 1.54) is 0 Å². The number of carbonyl (C=O) groups is 1. The molecule has 1 amide bonds. The molecule has 0 saturated carbocycles. The Balaban J connectivity index is 1.55. The summed E-state index contributed by atoms with van der Waals surface area (Å²) >= 11 is 0. The molecule has 3 rings (SSSR count). The van der Waals surface area contributed by atoms with Crippen LogP contribution in [0.4, 0.5) is 0 Å². The maximum absolute atomic E-state index is 12.2. The Labute approximate surface area is 152 Å². The number of nitrogens with zero attached hydrogens (tertiary/aromatic N) is 3. The molecule has 1 saturated heterocycles. The maximum Gasteiger partial charge on any atom is 0.247 e. The van der Waals surface area contributed by atoms with E-state index in [-0.39, 0.29) is 30.0 Å². The molecular formula is C17H22N4O4S. The third-order valence-corrected chi connectivity index (χ3v) is 6.03. The first-order valence-electron chi connectivity index (χ1n) is 8.55. The van der Waals surface area contributed by atoms with Crippen molar-refractivity contribution >= 4 is 15.7 Å². The van der Waals surface area contributed by atoms with Crippen LogP contribution in [0.3, 0.4) is 0 Å². The lowest BCUT2D eigenvalue weighted by molar-refractivity contribution is -0.122. The smallest absolute Gasteiger partial charge is 0.247 e. The van der Waals surface area contributed by atoms with Crippen molar-refractivity contribution in [1.82, 2.24) is 20.4 Å². The van der Waals surface area contributed by atoms with E-state index in [4.69, 9.17) is 4.42 Å². The van der Waals surface area contributed by atoms with Gasteiger partial charge in [0, 0.05) is 11.6 Å². The van der Waals surface area contributed by atoms with Gasteiger partial charge in [-0.05, 0) is 25.1 Å². The van der Waals surface area contributed by atoms with E-state index in [0.29, 0.717) is 31.3 Å². The fourth-order valence-corrected chi connectivity index (χ4v) is 4.54. The highest BCUT2D eigenvalue weighted by Crippen LogP contribution is 2.17. The summed E-state index contributed by atoms with van der Waals surface area (Å²) in [5.41, 5.74) is 0.842. The van der Waals surface area contributed by atoms with Gasteiger partial charge in [-0.3, -0.25) is 9.69 Å². The van der Waals surface area contributed by atoms with Crippen molar-refractivity contribution in [3.63, 3.8) is 0 Å². The maximum atomic E-state index is 12.2. The van der Waals surface area contributed by atoms with E-state index in [2.05, 4.69) is 15.5 Å². The van der Waals surface area contributed by atoms with Crippen LogP contribution >= 0.6 is 0 Å². The highest BCUT2D eigenvalue weighted by molar-refractivity contribution is 7.91. The molecule has 0 spiro atoms. The zero-order valence-corrected chi connectivity index (χ0v) is 15.4. The Kier molecular flexibility index (Phi) is 5.67. The Hall–Kier alpha value is -2.26. The summed E-state index contributed by atoms with van der Waals surface area (Å²) in [4.78, 5) is 14.0. The molecule has 1 N–H and O–H groups in total. The van der Waals surface area contributed by atoms with Gasteiger partial charge in [0.15, 0.2) is 9.84 Å². The van der Waals surface area contributed by atoms with Crippen LogP contribution in [0.15, 0.2) is 34.7 Å². The second-order valence-corrected chi connectivity index (χ2v) is 8.57. The van der Waals surface area contributed by atoms with Gasteiger partial charge < -0.3 is 9.73 Å². The molecule has 140 valence electrons. The van der Waals surface area contributed by atoms with Crippen LogP contribution in [0.1, 0.15) is 19.2 Å². The second-order valence-electron chi connectivity index (χ2n) is 6.34. The molecule has 0 bridgehead atoms. The molecule has 1 unspecified atom stereocenters. The summed E-state index contributed by atoms with van der Waals surface area (Å²) in [6.07, 6.45) is 0.476. The van der Waals surface area contributed by atoms with Gasteiger partial charge in [-0.2, -0.15) is 0 Å². The van der Waals surface area contributed by atoms with Crippen LogP contribution in [-0.2, 0) is 21.2 Å². The highest BCUT2D eigenvalue weighted by atomic mass is 32.2. The lowest BCUT2D eigenvalue weighted by Crippen LogP contribution is -2.42. The lowest BCUT2D eigenvalue weighted by Gasteiger charge is -2.19. The second kappa shape index (κ2) is 7.96. The molecule has 1 aliphatic rings. The van der Waals surface area contributed by atoms with Crippen LogP contribution in [0.25, 0.3) is 11.5 Å². The van der Waals surface area contributed by atoms with E-state index in [0.717, 1.165) is 5.56 Å². The van der Waals surface area contributed by atoms with Crippen molar-refractivity contribution in [2.75, 3.05) is 24.6 Å². The summed E-state index contributed by atoms with van der Waals surface area (Å²) in [7, 11) is -3.01. The fourth-order valence-electron chi connectivity index (χ4n) is 2.87. The van der Waals surface area contributed by atoms with Gasteiger partial charge in [0.2, 0.25) is 17.7 Å². The lowest BCUT2D eigenvalue weighted by atomic mass is 10.2. The van der Waals surface area contributed by atoms with Crippen molar-refractivity contribution in [2.24, 2.45) is 0 Å². The first-order chi connectivity index (χ1) is 12.4. The first kappa shape index (κ1) is 18.5. The molecule has 8 nitrogen and oxygen atoms in total. The molecule has 1 fully saturated rings. The Morgan fingerprint density at radius 2 is 2.08 bits per heavy atom. The zero-order valence-electron chi connectivity index (χ0n) is 14.6. The number of amides is 1. The predicted octanol–water partition coefficient (Wildman–Crippen LogP) is 0.862. The van der Waals surface area contributed by atoms with Crippen LogP contribution in [0.2, 0.25) is 0 Å². The van der Waals surface area contributed by atoms with E-state index in [1.54, 1.807) is 0 Å². The fraction of sp³-hybridized carbons (Fsp3) is 0.471. The van der Waals surface area contributed by atoms with Crippen molar-refractivity contribution in [1.29, 1.82) is 0 Å². The molecule has 1 aliphatic heterocycles. The van der Waals surface area contributed by atoms with Crippen LogP contribution in [0, 0.1) is 0 Å². The number of sulfone groups is 1. The topological polar surface area (TPSA) is 105 Å². The Morgan fingerprint density at radius 3 is 2.73 bits per heavy atom. The van der Waals surface area contributed by atoms with E-state index in [9.17, 15) is 13.2 Å². The standard InChI is InChI=1S/C17H22N4O4S/c1-2-21(10-15(22)18-14-8-9-26(23,24)12-14)11-16-19-20-17(25-16)13-6-4-3-5-7-13/h3-7,14H,2,8-12H2,1H3,(H,18,22). The van der Waals surface area contributed by atoms with Gasteiger partial charge in [-0.25, -0.2) is 8.42 Å². The van der Waals surface area contributed by atoms with Crippen LogP contribution < -0.4 is 5.32 Å². The largest absolute Gasteiger partial charge is 0.419 e. The normalized spacial score (nSPS) is 18.9. The number of rotatable bonds is 7. The van der Waals surface area contributed by atoms with E-state index in [1.807, 2.05) is 42.2 Å². The third-order valence-electron chi connectivity index (χ3n) is 4.26. The molecule has 26 heavy (non-hydrogen) atoms. The van der Waals surface area contributed by atoms with Gasteiger partial charge >= 0.3 is 0 Å². The highest BCUT2D eigenvalue weighted by Gasteiger charge is 2.29. The van der Waals surface area contributed by atoms with Crippen molar-refractivity contribution in [3.05, 3.63) is 36.2 Å². The first-order valence-corrected chi connectivity index (χ1v) is 10.4. The minimum atomic E-state index is -3.01. The van der Waals surface area contributed by atoms with Gasteiger partial charge in [-0.15, -0.1) is 10.2 Å². The van der Waals surface area contributed by atoms with Crippen molar-refractivity contribution in [3.8, 4) is 11.5 Å². The van der Waals surface area contributed by atoms with Gasteiger partial charge in [-0.1, -0.05) is 25.1 Å². The average molecular weight is 378 g/mol. The molecule has 9 heteroatoms. The van der Waals surface area contributed by atoms with Gasteiger partial charge in [0.05, 0.1) is 24.6 Å². The van der Waals surface area contributed by atoms with Crippen molar-refractivity contribution in [2.45, 2.75) is 25.9 Å². The van der Waals surface area contributed by atoms with E-state index >= 15 is 0 Å². The number of nitrogens with one attached hydrogen (secondary N) is 1. The van der Waals surface area contributed by atoms with E-state index < -0.39 is 9.84 Å². The Morgan fingerprint density at radius 1 is 1.31 bits per heavy atom. The summed E-state index contributed by atoms with van der Waals surface area (Å²) in [6, 6.07) is 9.18. The number of hydrogen-bond acceptors (Lipinski definition) is 7. The molecule has 2 heterocycles. The minimum Gasteiger partial charge on any atom is -0.419 e. The zero-order chi connectivity index (χ0) is 18.6. The third kappa shape index (κ3) is 4.89. The monoisotopic (exact) mass is 378 g/mol. The Bertz CT molecular complexity index is 851. The number of benzene rings is 1. The van der Waals surface area contributed by atoms with Gasteiger partial charge in [0.1, 0.15) is 0 Å². The average Bonchev–Trinajstić information content (AvgIpc) is 3.21.